The van der Waals surface area contributed by atoms with E-state index >= 15 is 0 Å². The van der Waals surface area contributed by atoms with E-state index in [9.17, 15) is 0 Å². The van der Waals surface area contributed by atoms with Crippen LogP contribution in [0, 0.1) is 26.7 Å². The highest BCUT2D eigenvalue weighted by Crippen LogP contribution is 2.33. The van der Waals surface area contributed by atoms with Gasteiger partial charge >= 0.3 is 0 Å². The molecule has 1 aromatic rings. The number of rotatable bonds is 4. The summed E-state index contributed by atoms with van der Waals surface area (Å²) in [5, 5.41) is 0. The Kier molecular flexibility index (Phi) is 5.45. The third-order valence-corrected chi connectivity index (χ3v) is 5.44. The highest BCUT2D eigenvalue weighted by molar-refractivity contribution is 5.38. The minimum Gasteiger partial charge on any atom is -0.329 e. The molecule has 2 rings (SSSR count). The zero-order valence-corrected chi connectivity index (χ0v) is 14.4. The summed E-state index contributed by atoms with van der Waals surface area (Å²) >= 11 is 0. The Morgan fingerprint density at radius 1 is 1.14 bits per heavy atom. The van der Waals surface area contributed by atoms with Crippen molar-refractivity contribution in [1.29, 1.82) is 0 Å². The molecule has 1 aliphatic carbocycles. The maximum absolute atomic E-state index is 6.16. The van der Waals surface area contributed by atoms with Gasteiger partial charge in [-0.1, -0.05) is 31.9 Å². The van der Waals surface area contributed by atoms with Crippen LogP contribution in [0.15, 0.2) is 12.1 Å². The number of likely N-dealkylation sites (N-methyl/N-ethyl adjacent to an activating group) is 1. The summed E-state index contributed by atoms with van der Waals surface area (Å²) in [5.41, 5.74) is 11.7. The second-order valence-electron chi connectivity index (χ2n) is 7.14. The second-order valence-corrected chi connectivity index (χ2v) is 7.14. The van der Waals surface area contributed by atoms with Crippen molar-refractivity contribution in [2.45, 2.75) is 65.5 Å². The van der Waals surface area contributed by atoms with Gasteiger partial charge in [0.25, 0.3) is 0 Å². The molecule has 2 N–H and O–H groups in total. The summed E-state index contributed by atoms with van der Waals surface area (Å²) in [6.07, 6.45) is 5.39. The molecule has 0 bridgehead atoms. The molecule has 2 heteroatoms. The van der Waals surface area contributed by atoms with Gasteiger partial charge in [0, 0.05) is 18.6 Å². The van der Waals surface area contributed by atoms with Gasteiger partial charge in [-0.3, -0.25) is 4.90 Å². The van der Waals surface area contributed by atoms with E-state index in [1.807, 2.05) is 0 Å². The Morgan fingerprint density at radius 2 is 1.81 bits per heavy atom. The summed E-state index contributed by atoms with van der Waals surface area (Å²) in [6.45, 7) is 9.70. The van der Waals surface area contributed by atoms with Gasteiger partial charge in [-0.25, -0.2) is 0 Å². The molecule has 0 spiro atoms. The van der Waals surface area contributed by atoms with Crippen LogP contribution >= 0.6 is 0 Å². The first-order valence-electron chi connectivity index (χ1n) is 8.43. The van der Waals surface area contributed by atoms with Gasteiger partial charge < -0.3 is 5.73 Å². The maximum Gasteiger partial charge on any atom is 0.0473 e. The van der Waals surface area contributed by atoms with Crippen molar-refractivity contribution in [1.82, 2.24) is 4.90 Å². The van der Waals surface area contributed by atoms with Crippen molar-refractivity contribution in [3.8, 4) is 0 Å². The molecule has 1 saturated carbocycles. The van der Waals surface area contributed by atoms with Gasteiger partial charge in [-0.2, -0.15) is 0 Å². The molecule has 0 amide bonds. The average Bonchev–Trinajstić information content (AvgIpc) is 2.45. The highest BCUT2D eigenvalue weighted by Gasteiger charge is 2.28. The van der Waals surface area contributed by atoms with Gasteiger partial charge in [0.2, 0.25) is 0 Å². The largest absolute Gasteiger partial charge is 0.329 e. The first-order valence-corrected chi connectivity index (χ1v) is 8.43. The maximum atomic E-state index is 6.16. The van der Waals surface area contributed by atoms with Gasteiger partial charge in [0.1, 0.15) is 0 Å². The van der Waals surface area contributed by atoms with Crippen molar-refractivity contribution < 1.29 is 0 Å². The fraction of sp³-hybridized carbons (Fsp3) is 0.684. The first-order chi connectivity index (χ1) is 9.93. The van der Waals surface area contributed by atoms with E-state index in [1.165, 1.54) is 47.9 Å². The smallest absolute Gasteiger partial charge is 0.0473 e. The molecule has 118 valence electrons. The molecule has 0 aliphatic heterocycles. The first kappa shape index (κ1) is 16.5. The molecule has 0 saturated heterocycles. The zero-order valence-electron chi connectivity index (χ0n) is 14.4. The van der Waals surface area contributed by atoms with E-state index in [0.29, 0.717) is 18.6 Å². The molecule has 1 aromatic carbocycles. The molecule has 1 aliphatic rings. The Bertz CT molecular complexity index is 481. The van der Waals surface area contributed by atoms with Crippen LogP contribution in [0.1, 0.15) is 60.9 Å². The minimum atomic E-state index is 0.347. The second kappa shape index (κ2) is 6.93. The van der Waals surface area contributed by atoms with Crippen molar-refractivity contribution in [3.05, 3.63) is 34.4 Å². The van der Waals surface area contributed by atoms with Gasteiger partial charge in [0.15, 0.2) is 0 Å². The van der Waals surface area contributed by atoms with Crippen LogP contribution in [0.4, 0.5) is 0 Å². The lowest BCUT2D eigenvalue weighted by Gasteiger charge is -2.39. The van der Waals surface area contributed by atoms with E-state index in [0.717, 1.165) is 5.92 Å². The van der Waals surface area contributed by atoms with Crippen LogP contribution in [-0.2, 0) is 0 Å². The summed E-state index contributed by atoms with van der Waals surface area (Å²) in [5.74, 6) is 0.852. The lowest BCUT2D eigenvalue weighted by Crippen LogP contribution is -2.41. The number of nitrogens with two attached hydrogens (primary N) is 1. The predicted octanol–water partition coefficient (Wildman–Crippen LogP) is 4.12. The van der Waals surface area contributed by atoms with Crippen LogP contribution in [0.25, 0.3) is 0 Å². The van der Waals surface area contributed by atoms with Crippen molar-refractivity contribution in [2.24, 2.45) is 11.7 Å². The van der Waals surface area contributed by atoms with Crippen LogP contribution in [0.3, 0.4) is 0 Å². The van der Waals surface area contributed by atoms with E-state index in [4.69, 9.17) is 5.73 Å². The number of aryl methyl sites for hydroxylation is 3. The SMILES string of the molecule is Cc1cc(C)c(C(CN)N(C)C2CCCC(C)C2)cc1C. The molecule has 3 atom stereocenters. The Balaban J connectivity index is 2.24. The zero-order chi connectivity index (χ0) is 15.6. The van der Waals surface area contributed by atoms with Gasteiger partial charge in [-0.15, -0.1) is 0 Å². The number of hydrogen-bond acceptors (Lipinski definition) is 2. The van der Waals surface area contributed by atoms with E-state index in [-0.39, 0.29) is 0 Å². The van der Waals surface area contributed by atoms with Crippen LogP contribution in [-0.4, -0.2) is 24.5 Å². The molecule has 0 radical (unpaired) electrons. The third-order valence-electron chi connectivity index (χ3n) is 5.44. The number of hydrogen-bond donors (Lipinski definition) is 1. The fourth-order valence-electron chi connectivity index (χ4n) is 3.88. The standard InChI is InChI=1S/C19H32N2/c1-13-7-6-8-17(9-13)21(5)19(12-20)18-11-15(3)14(2)10-16(18)4/h10-11,13,17,19H,6-9,12,20H2,1-5H3. The fourth-order valence-corrected chi connectivity index (χ4v) is 3.88. The molecule has 21 heavy (non-hydrogen) atoms. The Labute approximate surface area is 130 Å². The molecular formula is C19H32N2. The minimum absolute atomic E-state index is 0.347. The summed E-state index contributed by atoms with van der Waals surface area (Å²) < 4.78 is 0. The van der Waals surface area contributed by atoms with Gasteiger partial charge in [-0.05, 0) is 68.8 Å². The average molecular weight is 288 g/mol. The van der Waals surface area contributed by atoms with Crippen LogP contribution < -0.4 is 5.73 Å². The predicted molar refractivity (Wildman–Crippen MR) is 91.6 cm³/mol. The van der Waals surface area contributed by atoms with Crippen molar-refractivity contribution in [3.63, 3.8) is 0 Å². The molecule has 3 unspecified atom stereocenters. The highest BCUT2D eigenvalue weighted by atomic mass is 15.2. The van der Waals surface area contributed by atoms with Crippen LogP contribution in [0.5, 0.6) is 0 Å². The van der Waals surface area contributed by atoms with Gasteiger partial charge in [0.05, 0.1) is 0 Å². The topological polar surface area (TPSA) is 29.3 Å². The third kappa shape index (κ3) is 3.67. The Morgan fingerprint density at radius 3 is 2.43 bits per heavy atom. The lowest BCUT2D eigenvalue weighted by atomic mass is 9.85. The van der Waals surface area contributed by atoms with E-state index in [1.54, 1.807) is 0 Å². The lowest BCUT2D eigenvalue weighted by molar-refractivity contribution is 0.121. The summed E-state index contributed by atoms with van der Waals surface area (Å²) in [4.78, 5) is 2.55. The number of nitrogens with zero attached hydrogens (tertiary/aromatic N) is 1. The van der Waals surface area contributed by atoms with Crippen LogP contribution in [0.2, 0.25) is 0 Å². The molecular weight excluding hydrogens is 256 g/mol. The molecule has 0 aromatic heterocycles. The number of benzene rings is 1. The monoisotopic (exact) mass is 288 g/mol. The van der Waals surface area contributed by atoms with E-state index < -0.39 is 0 Å². The van der Waals surface area contributed by atoms with Crippen molar-refractivity contribution >= 4 is 0 Å². The normalized spacial score (nSPS) is 24.3. The quantitative estimate of drug-likeness (QED) is 0.903. The summed E-state index contributed by atoms with van der Waals surface area (Å²) in [7, 11) is 2.27. The molecule has 0 heterocycles. The van der Waals surface area contributed by atoms with E-state index in [2.05, 4.69) is 51.8 Å². The van der Waals surface area contributed by atoms with Crippen molar-refractivity contribution in [2.75, 3.05) is 13.6 Å². The summed E-state index contributed by atoms with van der Waals surface area (Å²) in [6, 6.07) is 5.69. The molecule has 1 fully saturated rings. The Hall–Kier alpha value is -0.860. The molecule has 2 nitrogen and oxygen atoms in total.